The standard InChI is InChI=1S/C15H11BrF3NO2/c16-10-3-1-2-4-12(10)22-8-7-20-15(21)9-5-6-11(17)14(19)13(9)18/h1-6H,7-8H2,(H,20,21). The van der Waals surface area contributed by atoms with Crippen molar-refractivity contribution in [2.45, 2.75) is 0 Å². The summed E-state index contributed by atoms with van der Waals surface area (Å²) in [4.78, 5) is 11.7. The molecule has 22 heavy (non-hydrogen) atoms. The van der Waals surface area contributed by atoms with Crippen LogP contribution < -0.4 is 10.1 Å². The highest BCUT2D eigenvalue weighted by Gasteiger charge is 2.18. The molecule has 0 saturated carbocycles. The average Bonchev–Trinajstić information content (AvgIpc) is 2.50. The highest BCUT2D eigenvalue weighted by atomic mass is 79.9. The zero-order valence-electron chi connectivity index (χ0n) is 11.2. The van der Waals surface area contributed by atoms with Crippen LogP contribution in [0, 0.1) is 17.5 Å². The number of ether oxygens (including phenoxy) is 1. The molecule has 0 aromatic heterocycles. The molecule has 2 aromatic rings. The lowest BCUT2D eigenvalue weighted by Crippen LogP contribution is -2.29. The molecule has 0 bridgehead atoms. The lowest BCUT2D eigenvalue weighted by atomic mass is 10.2. The molecule has 0 heterocycles. The number of benzene rings is 2. The Morgan fingerprint density at radius 1 is 1.09 bits per heavy atom. The van der Waals surface area contributed by atoms with E-state index >= 15 is 0 Å². The summed E-state index contributed by atoms with van der Waals surface area (Å²) >= 11 is 3.30. The number of carbonyl (C=O) groups is 1. The zero-order chi connectivity index (χ0) is 16.1. The number of rotatable bonds is 5. The number of amides is 1. The van der Waals surface area contributed by atoms with E-state index in [2.05, 4.69) is 21.2 Å². The SMILES string of the molecule is O=C(NCCOc1ccccc1Br)c1ccc(F)c(F)c1F. The predicted molar refractivity (Wildman–Crippen MR) is 78.3 cm³/mol. The van der Waals surface area contributed by atoms with Gasteiger partial charge in [0.1, 0.15) is 12.4 Å². The second kappa shape index (κ2) is 7.31. The van der Waals surface area contributed by atoms with Gasteiger partial charge in [-0.1, -0.05) is 12.1 Å². The molecule has 0 aliphatic heterocycles. The smallest absolute Gasteiger partial charge is 0.254 e. The van der Waals surface area contributed by atoms with E-state index in [1.54, 1.807) is 18.2 Å². The van der Waals surface area contributed by atoms with Crippen LogP contribution in [0.1, 0.15) is 10.4 Å². The molecule has 116 valence electrons. The molecule has 7 heteroatoms. The molecule has 0 saturated heterocycles. The Labute approximate surface area is 133 Å². The minimum atomic E-state index is -1.67. The van der Waals surface area contributed by atoms with Gasteiger partial charge in [-0.2, -0.15) is 0 Å². The Bertz CT molecular complexity index is 694. The number of hydrogen-bond acceptors (Lipinski definition) is 2. The predicted octanol–water partition coefficient (Wildman–Crippen LogP) is 3.68. The molecule has 0 unspecified atom stereocenters. The Morgan fingerprint density at radius 3 is 2.55 bits per heavy atom. The number of carbonyl (C=O) groups excluding carboxylic acids is 1. The molecule has 0 radical (unpaired) electrons. The van der Waals surface area contributed by atoms with Crippen LogP contribution in [0.2, 0.25) is 0 Å². The molecule has 2 aromatic carbocycles. The van der Waals surface area contributed by atoms with E-state index in [1.807, 2.05) is 6.07 Å². The molecule has 2 rings (SSSR count). The van der Waals surface area contributed by atoms with Crippen molar-refractivity contribution in [3.05, 3.63) is 63.9 Å². The number of hydrogen-bond donors (Lipinski definition) is 1. The van der Waals surface area contributed by atoms with Gasteiger partial charge in [0.2, 0.25) is 0 Å². The maximum atomic E-state index is 13.4. The van der Waals surface area contributed by atoms with E-state index < -0.39 is 28.9 Å². The van der Waals surface area contributed by atoms with Crippen molar-refractivity contribution >= 4 is 21.8 Å². The van der Waals surface area contributed by atoms with Gasteiger partial charge in [0.05, 0.1) is 16.6 Å². The maximum Gasteiger partial charge on any atom is 0.254 e. The molecule has 1 amide bonds. The normalized spacial score (nSPS) is 10.4. The van der Waals surface area contributed by atoms with Gasteiger partial charge in [-0.25, -0.2) is 13.2 Å². The van der Waals surface area contributed by atoms with E-state index in [-0.39, 0.29) is 13.2 Å². The molecule has 0 spiro atoms. The Morgan fingerprint density at radius 2 is 1.82 bits per heavy atom. The third kappa shape index (κ3) is 3.79. The number of nitrogens with one attached hydrogen (secondary N) is 1. The first kappa shape index (κ1) is 16.4. The summed E-state index contributed by atoms with van der Waals surface area (Å²) in [6.45, 7) is 0.220. The van der Waals surface area contributed by atoms with Crippen LogP contribution in [0.5, 0.6) is 5.75 Å². The van der Waals surface area contributed by atoms with Gasteiger partial charge in [-0.3, -0.25) is 4.79 Å². The fraction of sp³-hybridized carbons (Fsp3) is 0.133. The summed E-state index contributed by atoms with van der Waals surface area (Å²) in [7, 11) is 0. The second-order valence-corrected chi connectivity index (χ2v) is 5.11. The lowest BCUT2D eigenvalue weighted by molar-refractivity contribution is 0.0941. The molecule has 0 aliphatic carbocycles. The van der Waals surface area contributed by atoms with Crippen LogP contribution >= 0.6 is 15.9 Å². The van der Waals surface area contributed by atoms with Crippen LogP contribution in [0.3, 0.4) is 0 Å². The first-order valence-electron chi connectivity index (χ1n) is 6.29. The van der Waals surface area contributed by atoms with Crippen molar-refractivity contribution in [2.75, 3.05) is 13.2 Å². The van der Waals surface area contributed by atoms with Gasteiger partial charge in [-0.05, 0) is 40.2 Å². The average molecular weight is 374 g/mol. The first-order valence-corrected chi connectivity index (χ1v) is 7.09. The fourth-order valence-electron chi connectivity index (χ4n) is 1.68. The largest absolute Gasteiger partial charge is 0.491 e. The van der Waals surface area contributed by atoms with Crippen molar-refractivity contribution < 1.29 is 22.7 Å². The van der Waals surface area contributed by atoms with Gasteiger partial charge < -0.3 is 10.1 Å². The van der Waals surface area contributed by atoms with Gasteiger partial charge in [0.15, 0.2) is 17.5 Å². The van der Waals surface area contributed by atoms with E-state index in [0.717, 1.165) is 10.5 Å². The third-order valence-corrected chi connectivity index (χ3v) is 3.42. The van der Waals surface area contributed by atoms with Crippen LogP contribution in [-0.2, 0) is 0 Å². The highest BCUT2D eigenvalue weighted by molar-refractivity contribution is 9.10. The van der Waals surface area contributed by atoms with Crippen LogP contribution in [-0.4, -0.2) is 19.1 Å². The third-order valence-electron chi connectivity index (χ3n) is 2.76. The van der Waals surface area contributed by atoms with Crippen LogP contribution in [0.25, 0.3) is 0 Å². The summed E-state index contributed by atoms with van der Waals surface area (Å²) in [5, 5.41) is 2.37. The van der Waals surface area contributed by atoms with Gasteiger partial charge in [0.25, 0.3) is 5.91 Å². The second-order valence-electron chi connectivity index (χ2n) is 4.26. The van der Waals surface area contributed by atoms with Gasteiger partial charge >= 0.3 is 0 Å². The van der Waals surface area contributed by atoms with E-state index in [0.29, 0.717) is 11.8 Å². The van der Waals surface area contributed by atoms with Crippen LogP contribution in [0.15, 0.2) is 40.9 Å². The number of halogens is 4. The fourth-order valence-corrected chi connectivity index (χ4v) is 2.08. The summed E-state index contributed by atoms with van der Waals surface area (Å²) in [5.41, 5.74) is -0.556. The molecular weight excluding hydrogens is 363 g/mol. The minimum absolute atomic E-state index is 0.0819. The highest BCUT2D eigenvalue weighted by Crippen LogP contribution is 2.23. The van der Waals surface area contributed by atoms with E-state index in [1.165, 1.54) is 0 Å². The van der Waals surface area contributed by atoms with Crippen molar-refractivity contribution in [2.24, 2.45) is 0 Å². The minimum Gasteiger partial charge on any atom is -0.491 e. The van der Waals surface area contributed by atoms with Crippen molar-refractivity contribution in [1.82, 2.24) is 5.32 Å². The molecule has 3 nitrogen and oxygen atoms in total. The van der Waals surface area contributed by atoms with Crippen LogP contribution in [0.4, 0.5) is 13.2 Å². The monoisotopic (exact) mass is 373 g/mol. The van der Waals surface area contributed by atoms with Gasteiger partial charge in [-0.15, -0.1) is 0 Å². The summed E-state index contributed by atoms with van der Waals surface area (Å²) in [5.74, 6) is -4.77. The summed E-state index contributed by atoms with van der Waals surface area (Å²) in [6, 6.07) is 8.73. The lowest BCUT2D eigenvalue weighted by Gasteiger charge is -2.09. The Balaban J connectivity index is 1.89. The molecule has 0 fully saturated rings. The van der Waals surface area contributed by atoms with Gasteiger partial charge in [0, 0.05) is 0 Å². The quantitative estimate of drug-likeness (QED) is 0.641. The van der Waals surface area contributed by atoms with E-state index in [4.69, 9.17) is 4.74 Å². The molecule has 0 atom stereocenters. The first-order chi connectivity index (χ1) is 10.5. The van der Waals surface area contributed by atoms with Crippen molar-refractivity contribution in [3.8, 4) is 5.75 Å². The van der Waals surface area contributed by atoms with Crippen molar-refractivity contribution in [3.63, 3.8) is 0 Å². The summed E-state index contributed by atoms with van der Waals surface area (Å²) < 4.78 is 45.4. The van der Waals surface area contributed by atoms with Crippen molar-refractivity contribution in [1.29, 1.82) is 0 Å². The Hall–Kier alpha value is -2.02. The van der Waals surface area contributed by atoms with E-state index in [9.17, 15) is 18.0 Å². The summed E-state index contributed by atoms with van der Waals surface area (Å²) in [6.07, 6.45) is 0. The Kier molecular flexibility index (Phi) is 5.43. The molecule has 1 N–H and O–H groups in total. The topological polar surface area (TPSA) is 38.3 Å². The molecular formula is C15H11BrF3NO2. The maximum absolute atomic E-state index is 13.4. The zero-order valence-corrected chi connectivity index (χ0v) is 12.8. The molecule has 0 aliphatic rings. The number of para-hydroxylation sites is 1.